The molecule has 0 saturated carbocycles. The number of carbonyl (C=O) groups excluding carboxylic acids is 1. The van der Waals surface area contributed by atoms with Gasteiger partial charge in [-0.2, -0.15) is 0 Å². The molecule has 0 aliphatic rings. The van der Waals surface area contributed by atoms with E-state index in [4.69, 9.17) is 0 Å². The minimum Gasteiger partial charge on any atom is -0.358 e. The fourth-order valence-electron chi connectivity index (χ4n) is 3.92. The van der Waals surface area contributed by atoms with Crippen molar-refractivity contribution in [2.24, 2.45) is 0 Å². The lowest BCUT2D eigenvalue weighted by Gasteiger charge is -2.13. The number of aryl methyl sites for hydroxylation is 4. The van der Waals surface area contributed by atoms with Gasteiger partial charge in [0.1, 0.15) is 5.82 Å². The molecule has 0 saturated heterocycles. The van der Waals surface area contributed by atoms with Gasteiger partial charge in [0.15, 0.2) is 0 Å². The fraction of sp³-hybridized carbons (Fsp3) is 0.250. The minimum absolute atomic E-state index is 0.00953. The molecule has 0 fully saturated rings. The van der Waals surface area contributed by atoms with Gasteiger partial charge in [-0.3, -0.25) is 4.79 Å². The number of amides is 1. The zero-order valence-corrected chi connectivity index (χ0v) is 17.3. The quantitative estimate of drug-likeness (QED) is 0.516. The Morgan fingerprint density at radius 1 is 1.07 bits per heavy atom. The van der Waals surface area contributed by atoms with E-state index in [1.807, 2.05) is 44.3 Å². The average Bonchev–Trinajstić information content (AvgIpc) is 3.24. The van der Waals surface area contributed by atoms with Gasteiger partial charge >= 0.3 is 0 Å². The van der Waals surface area contributed by atoms with Crippen molar-refractivity contribution in [3.63, 3.8) is 0 Å². The summed E-state index contributed by atoms with van der Waals surface area (Å²) in [6.45, 7) is 8.88. The molecule has 0 aliphatic heterocycles. The highest BCUT2D eigenvalue weighted by Gasteiger charge is 2.16. The highest BCUT2D eigenvalue weighted by molar-refractivity contribution is 5.98. The van der Waals surface area contributed by atoms with Crippen molar-refractivity contribution < 1.29 is 4.79 Å². The van der Waals surface area contributed by atoms with E-state index < -0.39 is 0 Å². The lowest BCUT2D eigenvalue weighted by molar-refractivity contribution is -0.115. The molecular weight excluding hydrogens is 360 g/mol. The summed E-state index contributed by atoms with van der Waals surface area (Å²) in [6, 6.07) is 12.2. The van der Waals surface area contributed by atoms with Crippen molar-refractivity contribution >= 4 is 22.5 Å². The first kappa shape index (κ1) is 19.0. The number of hydrogen-bond acceptors (Lipinski definition) is 2. The SMILES string of the molecule is Cc1[nH]c2c(C)ccc(C)c2c1CC(=O)Nc1ccccc1Cn1ccnc1C. The number of aromatic amines is 1. The Kier molecular flexibility index (Phi) is 4.97. The van der Waals surface area contributed by atoms with E-state index in [1.54, 1.807) is 6.20 Å². The molecular formula is C24H26N4O. The van der Waals surface area contributed by atoms with Crippen LogP contribution in [-0.2, 0) is 17.8 Å². The van der Waals surface area contributed by atoms with Crippen molar-refractivity contribution in [2.45, 2.75) is 40.7 Å². The van der Waals surface area contributed by atoms with Crippen molar-refractivity contribution in [3.8, 4) is 0 Å². The first-order chi connectivity index (χ1) is 13.9. The van der Waals surface area contributed by atoms with Crippen LogP contribution in [-0.4, -0.2) is 20.4 Å². The second-order valence-corrected chi connectivity index (χ2v) is 7.66. The van der Waals surface area contributed by atoms with Gasteiger partial charge in [0, 0.05) is 34.7 Å². The van der Waals surface area contributed by atoms with Crippen LogP contribution in [0.5, 0.6) is 0 Å². The molecule has 29 heavy (non-hydrogen) atoms. The molecule has 0 radical (unpaired) electrons. The Morgan fingerprint density at radius 3 is 2.59 bits per heavy atom. The Bertz CT molecular complexity index is 1200. The number of para-hydroxylation sites is 1. The molecule has 0 aliphatic carbocycles. The predicted octanol–water partition coefficient (Wildman–Crippen LogP) is 4.83. The van der Waals surface area contributed by atoms with Crippen LogP contribution in [0.15, 0.2) is 48.8 Å². The van der Waals surface area contributed by atoms with E-state index in [0.29, 0.717) is 13.0 Å². The Labute approximate surface area is 170 Å². The number of aromatic nitrogens is 3. The first-order valence-electron chi connectivity index (χ1n) is 9.87. The molecule has 0 atom stereocenters. The van der Waals surface area contributed by atoms with Crippen LogP contribution in [0.3, 0.4) is 0 Å². The largest absolute Gasteiger partial charge is 0.358 e. The second kappa shape index (κ2) is 7.59. The maximum atomic E-state index is 12.9. The zero-order chi connectivity index (χ0) is 20.5. The number of nitrogens with zero attached hydrogens (tertiary/aromatic N) is 2. The monoisotopic (exact) mass is 386 g/mol. The Balaban J connectivity index is 1.59. The van der Waals surface area contributed by atoms with Crippen LogP contribution in [0.1, 0.15) is 33.8 Å². The first-order valence-corrected chi connectivity index (χ1v) is 9.87. The maximum Gasteiger partial charge on any atom is 0.228 e. The Hall–Kier alpha value is -3.34. The Morgan fingerprint density at radius 2 is 1.83 bits per heavy atom. The smallest absolute Gasteiger partial charge is 0.228 e. The van der Waals surface area contributed by atoms with Gasteiger partial charge in [0.25, 0.3) is 0 Å². The van der Waals surface area contributed by atoms with Gasteiger partial charge in [-0.15, -0.1) is 0 Å². The van der Waals surface area contributed by atoms with Gasteiger partial charge in [-0.05, 0) is 56.0 Å². The van der Waals surface area contributed by atoms with Gasteiger partial charge in [0.05, 0.1) is 13.0 Å². The van der Waals surface area contributed by atoms with E-state index in [9.17, 15) is 4.79 Å². The van der Waals surface area contributed by atoms with Crippen molar-refractivity contribution in [1.82, 2.24) is 14.5 Å². The number of rotatable bonds is 5. The lowest BCUT2D eigenvalue weighted by atomic mass is 10.0. The molecule has 2 aromatic heterocycles. The molecule has 2 aromatic carbocycles. The summed E-state index contributed by atoms with van der Waals surface area (Å²) in [5.74, 6) is 0.941. The highest BCUT2D eigenvalue weighted by Crippen LogP contribution is 2.29. The maximum absolute atomic E-state index is 12.9. The third kappa shape index (κ3) is 3.68. The van der Waals surface area contributed by atoms with E-state index in [0.717, 1.165) is 33.8 Å². The van der Waals surface area contributed by atoms with Crippen LogP contribution < -0.4 is 5.32 Å². The van der Waals surface area contributed by atoms with E-state index in [-0.39, 0.29) is 5.91 Å². The van der Waals surface area contributed by atoms with Crippen molar-refractivity contribution in [1.29, 1.82) is 0 Å². The summed E-state index contributed by atoms with van der Waals surface area (Å²) in [6.07, 6.45) is 4.09. The molecule has 2 N–H and O–H groups in total. The molecule has 4 rings (SSSR count). The molecule has 1 amide bonds. The van der Waals surface area contributed by atoms with E-state index in [1.165, 1.54) is 16.5 Å². The molecule has 0 unspecified atom stereocenters. The van der Waals surface area contributed by atoms with Crippen LogP contribution in [0.4, 0.5) is 5.69 Å². The van der Waals surface area contributed by atoms with E-state index >= 15 is 0 Å². The van der Waals surface area contributed by atoms with Crippen LogP contribution in [0, 0.1) is 27.7 Å². The normalized spacial score (nSPS) is 11.2. The van der Waals surface area contributed by atoms with Gasteiger partial charge in [0.2, 0.25) is 5.91 Å². The van der Waals surface area contributed by atoms with Crippen LogP contribution >= 0.6 is 0 Å². The lowest BCUT2D eigenvalue weighted by Crippen LogP contribution is -2.16. The average molecular weight is 386 g/mol. The van der Waals surface area contributed by atoms with Gasteiger partial charge in [-0.1, -0.05) is 30.3 Å². The number of anilines is 1. The summed E-state index contributed by atoms with van der Waals surface area (Å²) in [4.78, 5) is 20.7. The third-order valence-electron chi connectivity index (χ3n) is 5.58. The number of carbonyl (C=O) groups is 1. The molecule has 148 valence electrons. The molecule has 0 bridgehead atoms. The van der Waals surface area contributed by atoms with Crippen molar-refractivity contribution in [2.75, 3.05) is 5.32 Å². The number of benzene rings is 2. The minimum atomic E-state index is -0.00953. The number of imidazole rings is 1. The molecule has 2 heterocycles. The zero-order valence-electron chi connectivity index (χ0n) is 17.3. The standard InChI is InChI=1S/C24H26N4O/c1-15-9-10-16(2)24-23(15)20(17(3)26-24)13-22(29)27-21-8-6-5-7-19(21)14-28-12-11-25-18(28)4/h5-12,26H,13-14H2,1-4H3,(H,27,29). The number of fused-ring (bicyclic) bond motifs is 1. The van der Waals surface area contributed by atoms with Crippen LogP contribution in [0.25, 0.3) is 10.9 Å². The second-order valence-electron chi connectivity index (χ2n) is 7.66. The van der Waals surface area contributed by atoms with Gasteiger partial charge in [-0.25, -0.2) is 4.98 Å². The third-order valence-corrected chi connectivity index (χ3v) is 5.58. The summed E-state index contributed by atoms with van der Waals surface area (Å²) in [7, 11) is 0. The molecule has 5 nitrogen and oxygen atoms in total. The summed E-state index contributed by atoms with van der Waals surface area (Å²) in [5, 5.41) is 4.29. The van der Waals surface area contributed by atoms with E-state index in [2.05, 4.69) is 45.8 Å². The fourth-order valence-corrected chi connectivity index (χ4v) is 3.92. The molecule has 5 heteroatoms. The number of nitrogens with one attached hydrogen (secondary N) is 2. The summed E-state index contributed by atoms with van der Waals surface area (Å²) in [5.41, 5.74) is 7.54. The highest BCUT2D eigenvalue weighted by atomic mass is 16.1. The number of hydrogen-bond donors (Lipinski definition) is 2. The number of H-pyrrole nitrogens is 1. The van der Waals surface area contributed by atoms with Gasteiger partial charge < -0.3 is 14.9 Å². The molecule has 0 spiro atoms. The summed E-state index contributed by atoms with van der Waals surface area (Å²) >= 11 is 0. The predicted molar refractivity (Wildman–Crippen MR) is 117 cm³/mol. The molecule has 4 aromatic rings. The topological polar surface area (TPSA) is 62.7 Å². The van der Waals surface area contributed by atoms with Crippen molar-refractivity contribution in [3.05, 3.63) is 82.6 Å². The summed E-state index contributed by atoms with van der Waals surface area (Å²) < 4.78 is 2.07. The van der Waals surface area contributed by atoms with Crippen LogP contribution in [0.2, 0.25) is 0 Å².